The first-order valence-corrected chi connectivity index (χ1v) is 7.88. The van der Waals surface area contributed by atoms with Crippen molar-refractivity contribution in [1.29, 1.82) is 0 Å². The molecule has 6 nitrogen and oxygen atoms in total. The number of carbonyl (C=O) groups excluding carboxylic acids is 1. The Kier molecular flexibility index (Phi) is 6.11. The molecule has 1 amide bonds. The minimum Gasteiger partial charge on any atom is -0.493 e. The van der Waals surface area contributed by atoms with Gasteiger partial charge in [0.05, 0.1) is 27.9 Å². The summed E-state index contributed by atoms with van der Waals surface area (Å²) in [5.74, 6) is 2.02. The largest absolute Gasteiger partial charge is 0.493 e. The molecule has 1 N–H and O–H groups in total. The summed E-state index contributed by atoms with van der Waals surface area (Å²) in [6.07, 6.45) is 0. The molecule has 0 heterocycles. The van der Waals surface area contributed by atoms with E-state index in [1.54, 1.807) is 38.5 Å². The number of rotatable bonds is 7. The molecule has 0 spiro atoms. The van der Waals surface area contributed by atoms with E-state index in [-0.39, 0.29) is 5.91 Å². The molecule has 0 aliphatic heterocycles. The fourth-order valence-electron chi connectivity index (χ4n) is 2.39. The normalized spacial score (nSPS) is 10.1. The average Bonchev–Trinajstić information content (AvgIpc) is 2.63. The van der Waals surface area contributed by atoms with Crippen LogP contribution in [0.1, 0.15) is 22.8 Å². The maximum Gasteiger partial charge on any atom is 0.255 e. The van der Waals surface area contributed by atoms with Gasteiger partial charge in [-0.3, -0.25) is 4.79 Å². The van der Waals surface area contributed by atoms with Crippen LogP contribution in [0.5, 0.6) is 23.0 Å². The molecular weight excluding hydrogens is 322 g/mol. The van der Waals surface area contributed by atoms with Crippen molar-refractivity contribution in [2.75, 3.05) is 33.3 Å². The highest BCUT2D eigenvalue weighted by Gasteiger charge is 2.14. The van der Waals surface area contributed by atoms with Crippen LogP contribution in [0.25, 0.3) is 0 Å². The number of amides is 1. The first-order valence-electron chi connectivity index (χ1n) is 7.88. The second-order valence-electron chi connectivity index (χ2n) is 5.27. The molecule has 0 aliphatic carbocycles. The lowest BCUT2D eigenvalue weighted by atomic mass is 10.1. The zero-order chi connectivity index (χ0) is 18.4. The Balaban J connectivity index is 2.28. The highest BCUT2D eigenvalue weighted by molar-refractivity contribution is 6.05. The molecule has 2 aromatic rings. The summed E-state index contributed by atoms with van der Waals surface area (Å²) in [7, 11) is 4.66. The number of ether oxygens (including phenoxy) is 4. The highest BCUT2D eigenvalue weighted by Crippen LogP contribution is 2.33. The molecule has 0 aromatic heterocycles. The van der Waals surface area contributed by atoms with E-state index in [1.165, 1.54) is 7.11 Å². The number of methoxy groups -OCH3 is 3. The predicted molar refractivity (Wildman–Crippen MR) is 96.4 cm³/mol. The van der Waals surface area contributed by atoms with Crippen molar-refractivity contribution >= 4 is 11.6 Å². The Morgan fingerprint density at radius 1 is 0.920 bits per heavy atom. The number of hydrogen-bond donors (Lipinski definition) is 1. The summed E-state index contributed by atoms with van der Waals surface area (Å²) in [5.41, 5.74) is 1.98. The molecule has 0 saturated carbocycles. The predicted octanol–water partition coefficient (Wildman–Crippen LogP) is 3.67. The quantitative estimate of drug-likeness (QED) is 0.829. The molecule has 0 fully saturated rings. The van der Waals surface area contributed by atoms with E-state index in [0.717, 1.165) is 5.56 Å². The Labute approximate surface area is 147 Å². The van der Waals surface area contributed by atoms with Gasteiger partial charge < -0.3 is 24.3 Å². The van der Waals surface area contributed by atoms with Crippen LogP contribution in [0.2, 0.25) is 0 Å². The standard InChI is InChI=1S/C19H23NO5/c1-6-25-15-8-7-13(10-17(15)23-4)19(21)20-14-11-18(24-5)16(22-3)9-12(14)2/h7-11H,6H2,1-5H3,(H,20,21). The molecule has 0 unspecified atom stereocenters. The third-order valence-corrected chi connectivity index (χ3v) is 3.70. The fourth-order valence-corrected chi connectivity index (χ4v) is 2.39. The smallest absolute Gasteiger partial charge is 0.255 e. The number of benzene rings is 2. The van der Waals surface area contributed by atoms with Crippen molar-refractivity contribution in [1.82, 2.24) is 0 Å². The summed E-state index contributed by atoms with van der Waals surface area (Å²) in [5, 5.41) is 2.88. The van der Waals surface area contributed by atoms with Gasteiger partial charge in [0.1, 0.15) is 0 Å². The van der Waals surface area contributed by atoms with Crippen molar-refractivity contribution < 1.29 is 23.7 Å². The van der Waals surface area contributed by atoms with Crippen LogP contribution in [-0.4, -0.2) is 33.8 Å². The third kappa shape index (κ3) is 4.15. The van der Waals surface area contributed by atoms with E-state index >= 15 is 0 Å². The fraction of sp³-hybridized carbons (Fsp3) is 0.316. The van der Waals surface area contributed by atoms with Crippen molar-refractivity contribution in [3.05, 3.63) is 41.5 Å². The van der Waals surface area contributed by atoms with E-state index in [0.29, 0.717) is 40.9 Å². The molecule has 134 valence electrons. The van der Waals surface area contributed by atoms with E-state index in [4.69, 9.17) is 18.9 Å². The molecule has 0 saturated heterocycles. The van der Waals surface area contributed by atoms with Gasteiger partial charge in [-0.2, -0.15) is 0 Å². The van der Waals surface area contributed by atoms with Gasteiger partial charge in [0.25, 0.3) is 5.91 Å². The van der Waals surface area contributed by atoms with Gasteiger partial charge in [-0.15, -0.1) is 0 Å². The van der Waals surface area contributed by atoms with Crippen LogP contribution >= 0.6 is 0 Å². The van der Waals surface area contributed by atoms with E-state index in [1.807, 2.05) is 19.9 Å². The molecule has 0 aliphatic rings. The maximum absolute atomic E-state index is 12.6. The SMILES string of the molecule is CCOc1ccc(C(=O)Nc2cc(OC)c(OC)cc2C)cc1OC. The Bertz CT molecular complexity index is 758. The number of aryl methyl sites for hydroxylation is 1. The molecular formula is C19H23NO5. The van der Waals surface area contributed by atoms with Crippen LogP contribution in [0, 0.1) is 6.92 Å². The van der Waals surface area contributed by atoms with Crippen molar-refractivity contribution in [3.8, 4) is 23.0 Å². The lowest BCUT2D eigenvalue weighted by Crippen LogP contribution is -2.13. The maximum atomic E-state index is 12.6. The number of carbonyl (C=O) groups is 1. The van der Waals surface area contributed by atoms with Crippen molar-refractivity contribution in [3.63, 3.8) is 0 Å². The first-order chi connectivity index (χ1) is 12.0. The zero-order valence-corrected chi connectivity index (χ0v) is 15.1. The zero-order valence-electron chi connectivity index (χ0n) is 15.1. The molecule has 25 heavy (non-hydrogen) atoms. The van der Waals surface area contributed by atoms with Gasteiger partial charge in [0.2, 0.25) is 0 Å². The summed E-state index contributed by atoms with van der Waals surface area (Å²) >= 11 is 0. The van der Waals surface area contributed by atoms with E-state index < -0.39 is 0 Å². The summed E-state index contributed by atoms with van der Waals surface area (Å²) < 4.78 is 21.3. The second kappa shape index (κ2) is 8.28. The minimum absolute atomic E-state index is 0.253. The Morgan fingerprint density at radius 2 is 1.52 bits per heavy atom. The first kappa shape index (κ1) is 18.4. The van der Waals surface area contributed by atoms with Crippen LogP contribution in [0.4, 0.5) is 5.69 Å². The summed E-state index contributed by atoms with van der Waals surface area (Å²) in [6.45, 7) is 4.29. The number of anilines is 1. The van der Waals surface area contributed by atoms with Crippen LogP contribution in [-0.2, 0) is 0 Å². The highest BCUT2D eigenvalue weighted by atomic mass is 16.5. The molecule has 2 aromatic carbocycles. The van der Waals surface area contributed by atoms with E-state index in [2.05, 4.69) is 5.32 Å². The summed E-state index contributed by atoms with van der Waals surface area (Å²) in [4.78, 5) is 12.6. The molecule has 2 rings (SSSR count). The van der Waals surface area contributed by atoms with Gasteiger partial charge in [-0.1, -0.05) is 0 Å². The van der Waals surface area contributed by atoms with Gasteiger partial charge in [-0.25, -0.2) is 0 Å². The van der Waals surface area contributed by atoms with Gasteiger partial charge in [-0.05, 0) is 43.7 Å². The number of nitrogens with one attached hydrogen (secondary N) is 1. The minimum atomic E-state index is -0.253. The monoisotopic (exact) mass is 345 g/mol. The molecule has 0 bridgehead atoms. The lowest BCUT2D eigenvalue weighted by molar-refractivity contribution is 0.102. The van der Waals surface area contributed by atoms with Gasteiger partial charge >= 0.3 is 0 Å². The summed E-state index contributed by atoms with van der Waals surface area (Å²) in [6, 6.07) is 8.61. The third-order valence-electron chi connectivity index (χ3n) is 3.70. The van der Waals surface area contributed by atoms with Crippen molar-refractivity contribution in [2.45, 2.75) is 13.8 Å². The van der Waals surface area contributed by atoms with E-state index in [9.17, 15) is 4.79 Å². The molecule has 6 heteroatoms. The topological polar surface area (TPSA) is 66.0 Å². The molecule has 0 atom stereocenters. The Morgan fingerprint density at radius 3 is 2.12 bits per heavy atom. The van der Waals surface area contributed by atoms with Crippen LogP contribution in [0.15, 0.2) is 30.3 Å². The Hall–Kier alpha value is -2.89. The van der Waals surface area contributed by atoms with Gasteiger partial charge in [0.15, 0.2) is 23.0 Å². The second-order valence-corrected chi connectivity index (χ2v) is 5.27. The van der Waals surface area contributed by atoms with Crippen LogP contribution in [0.3, 0.4) is 0 Å². The average molecular weight is 345 g/mol. The molecule has 0 radical (unpaired) electrons. The number of hydrogen-bond acceptors (Lipinski definition) is 5. The van der Waals surface area contributed by atoms with Gasteiger partial charge in [0, 0.05) is 17.3 Å². The van der Waals surface area contributed by atoms with Crippen LogP contribution < -0.4 is 24.3 Å². The lowest BCUT2D eigenvalue weighted by Gasteiger charge is -2.14. The van der Waals surface area contributed by atoms with Crippen molar-refractivity contribution in [2.24, 2.45) is 0 Å².